The third kappa shape index (κ3) is 3.06. The van der Waals surface area contributed by atoms with Gasteiger partial charge in [-0.3, -0.25) is 0 Å². The predicted molar refractivity (Wildman–Crippen MR) is 93.4 cm³/mol. The summed E-state index contributed by atoms with van der Waals surface area (Å²) in [6.07, 6.45) is 9.56. The highest BCUT2D eigenvalue weighted by atomic mass is 32.2. The van der Waals surface area contributed by atoms with Crippen molar-refractivity contribution in [2.75, 3.05) is 25.4 Å². The first kappa shape index (κ1) is 16.7. The number of carbonyl (C=O) groups excluding carboxylic acids is 1. The van der Waals surface area contributed by atoms with Crippen LogP contribution in [-0.4, -0.2) is 50.0 Å². The van der Waals surface area contributed by atoms with Gasteiger partial charge < -0.3 is 10.2 Å². The fourth-order valence-corrected chi connectivity index (χ4v) is 7.57. The van der Waals surface area contributed by atoms with Crippen molar-refractivity contribution in [1.82, 2.24) is 10.2 Å². The highest BCUT2D eigenvalue weighted by Crippen LogP contribution is 2.61. The van der Waals surface area contributed by atoms with Crippen molar-refractivity contribution in [3.05, 3.63) is 0 Å². The van der Waals surface area contributed by atoms with Gasteiger partial charge in [0.15, 0.2) is 9.84 Å². The monoisotopic (exact) mass is 354 g/mol. The summed E-state index contributed by atoms with van der Waals surface area (Å²) in [5, 5.41) is 2.62. The van der Waals surface area contributed by atoms with E-state index >= 15 is 0 Å². The van der Waals surface area contributed by atoms with Crippen molar-refractivity contribution in [3.63, 3.8) is 0 Å². The van der Waals surface area contributed by atoms with Crippen molar-refractivity contribution >= 4 is 15.9 Å². The second-order valence-corrected chi connectivity index (χ2v) is 11.6. The van der Waals surface area contributed by atoms with Crippen molar-refractivity contribution in [2.45, 2.75) is 57.1 Å². The van der Waals surface area contributed by atoms with Crippen molar-refractivity contribution in [1.29, 1.82) is 0 Å². The summed E-state index contributed by atoms with van der Waals surface area (Å²) < 4.78 is 23.5. The van der Waals surface area contributed by atoms with Gasteiger partial charge in [-0.05, 0) is 75.0 Å². The van der Waals surface area contributed by atoms with E-state index in [0.717, 1.165) is 30.7 Å². The van der Waals surface area contributed by atoms with E-state index in [4.69, 9.17) is 0 Å². The molecule has 0 aromatic rings. The third-order valence-electron chi connectivity index (χ3n) is 7.12. The van der Waals surface area contributed by atoms with Crippen LogP contribution in [-0.2, 0) is 9.84 Å². The van der Waals surface area contributed by atoms with Gasteiger partial charge in [-0.1, -0.05) is 0 Å². The van der Waals surface area contributed by atoms with E-state index in [2.05, 4.69) is 5.32 Å². The van der Waals surface area contributed by atoms with Crippen LogP contribution in [0.15, 0.2) is 0 Å². The Balaban J connectivity index is 1.28. The smallest absolute Gasteiger partial charge is 0.317 e. The minimum atomic E-state index is -3.00. The van der Waals surface area contributed by atoms with Crippen LogP contribution in [0.3, 0.4) is 0 Å². The number of hydrogen-bond acceptors (Lipinski definition) is 3. The van der Waals surface area contributed by atoms with Crippen LogP contribution in [0.2, 0.25) is 0 Å². The van der Waals surface area contributed by atoms with Gasteiger partial charge in [-0.15, -0.1) is 0 Å². The van der Waals surface area contributed by atoms with E-state index in [-0.39, 0.29) is 11.8 Å². The minimum Gasteiger partial charge on any atom is -0.338 e. The van der Waals surface area contributed by atoms with Gasteiger partial charge in [0.25, 0.3) is 0 Å². The van der Waals surface area contributed by atoms with Crippen LogP contribution in [0.1, 0.15) is 51.9 Å². The van der Waals surface area contributed by atoms with Crippen LogP contribution in [0, 0.1) is 23.2 Å². The first-order valence-electron chi connectivity index (χ1n) is 9.60. The van der Waals surface area contributed by atoms with Crippen LogP contribution in [0.4, 0.5) is 4.79 Å². The number of urea groups is 1. The van der Waals surface area contributed by atoms with E-state index in [1.54, 1.807) is 11.8 Å². The Morgan fingerprint density at radius 2 is 1.71 bits per heavy atom. The van der Waals surface area contributed by atoms with E-state index in [1.165, 1.54) is 38.5 Å². The van der Waals surface area contributed by atoms with E-state index in [0.29, 0.717) is 18.5 Å². The normalized spacial score (nSPS) is 43.0. The maximum absolute atomic E-state index is 12.4. The van der Waals surface area contributed by atoms with Gasteiger partial charge in [0.1, 0.15) is 0 Å². The SMILES string of the molecule is C[C@@H]1CN(C(=O)NCCC23CC4CC(CC(C4)C2)C3)CCS1(=O)=O. The van der Waals surface area contributed by atoms with Gasteiger partial charge in [-0.25, -0.2) is 13.2 Å². The Kier molecular flexibility index (Phi) is 4.09. The van der Waals surface area contributed by atoms with Gasteiger partial charge in [-0.2, -0.15) is 0 Å². The molecule has 5 fully saturated rings. The molecule has 1 aliphatic heterocycles. The fourth-order valence-electron chi connectivity index (χ4n) is 6.28. The summed E-state index contributed by atoms with van der Waals surface area (Å²) >= 11 is 0. The number of nitrogens with one attached hydrogen (secondary N) is 1. The molecule has 2 amide bonds. The molecule has 5 aliphatic rings. The Labute approximate surface area is 145 Å². The molecule has 4 bridgehead atoms. The van der Waals surface area contributed by atoms with Gasteiger partial charge in [0.05, 0.1) is 11.0 Å². The lowest BCUT2D eigenvalue weighted by Gasteiger charge is -2.57. The summed E-state index contributed by atoms with van der Waals surface area (Å²) in [4.78, 5) is 14.0. The molecular formula is C18H30N2O3S. The molecule has 1 saturated heterocycles. The molecule has 0 aromatic heterocycles. The number of carbonyl (C=O) groups is 1. The van der Waals surface area contributed by atoms with E-state index in [9.17, 15) is 13.2 Å². The first-order chi connectivity index (χ1) is 11.4. The molecule has 5 rings (SSSR count). The zero-order chi connectivity index (χ0) is 16.9. The third-order valence-corrected chi connectivity index (χ3v) is 9.25. The molecular weight excluding hydrogens is 324 g/mol. The van der Waals surface area contributed by atoms with Crippen LogP contribution >= 0.6 is 0 Å². The Hall–Kier alpha value is -0.780. The van der Waals surface area contributed by atoms with Gasteiger partial charge >= 0.3 is 6.03 Å². The predicted octanol–water partition coefficient (Wildman–Crippen LogP) is 2.42. The molecule has 0 aromatic carbocycles. The maximum Gasteiger partial charge on any atom is 0.317 e. The van der Waals surface area contributed by atoms with Crippen LogP contribution in [0.5, 0.6) is 0 Å². The highest BCUT2D eigenvalue weighted by Gasteiger charge is 2.50. The topological polar surface area (TPSA) is 66.5 Å². The molecule has 136 valence electrons. The lowest BCUT2D eigenvalue weighted by atomic mass is 9.49. The molecule has 5 nitrogen and oxygen atoms in total. The zero-order valence-corrected chi connectivity index (χ0v) is 15.5. The van der Waals surface area contributed by atoms with E-state index in [1.807, 2.05) is 0 Å². The summed E-state index contributed by atoms with van der Waals surface area (Å²) in [6.45, 7) is 3.09. The van der Waals surface area contributed by atoms with Crippen molar-refractivity contribution < 1.29 is 13.2 Å². The minimum absolute atomic E-state index is 0.0820. The molecule has 4 saturated carbocycles. The second kappa shape index (κ2) is 5.89. The molecule has 24 heavy (non-hydrogen) atoms. The molecule has 4 aliphatic carbocycles. The lowest BCUT2D eigenvalue weighted by Crippen LogP contribution is -2.52. The molecule has 0 spiro atoms. The molecule has 0 radical (unpaired) electrons. The summed E-state index contributed by atoms with van der Waals surface area (Å²) in [7, 11) is -3.00. The molecule has 1 N–H and O–H groups in total. The Morgan fingerprint density at radius 3 is 2.25 bits per heavy atom. The average molecular weight is 355 g/mol. The summed E-state index contributed by atoms with van der Waals surface area (Å²) in [5.41, 5.74) is 0.487. The number of hydrogen-bond donors (Lipinski definition) is 1. The standard InChI is InChI=1S/C18H30N2O3S/c1-13-12-20(4-5-24(13,22)23)17(21)19-3-2-18-9-14-6-15(10-18)8-16(7-14)11-18/h13-16H,2-12H2,1H3,(H,19,21)/t13-,14?,15?,16?,18?/m1/s1. The molecule has 0 unspecified atom stereocenters. The number of nitrogens with zero attached hydrogens (tertiary/aromatic N) is 1. The Morgan fingerprint density at radius 1 is 1.12 bits per heavy atom. The van der Waals surface area contributed by atoms with Crippen LogP contribution < -0.4 is 5.32 Å². The molecule has 6 heteroatoms. The maximum atomic E-state index is 12.4. The quantitative estimate of drug-likeness (QED) is 0.846. The Bertz CT molecular complexity index is 580. The van der Waals surface area contributed by atoms with Gasteiger partial charge in [0, 0.05) is 19.6 Å². The summed E-state index contributed by atoms with van der Waals surface area (Å²) in [5.74, 6) is 2.93. The average Bonchev–Trinajstić information content (AvgIpc) is 2.48. The highest BCUT2D eigenvalue weighted by molar-refractivity contribution is 7.92. The molecule has 1 atom stereocenters. The number of sulfone groups is 1. The van der Waals surface area contributed by atoms with Crippen molar-refractivity contribution in [3.8, 4) is 0 Å². The zero-order valence-electron chi connectivity index (χ0n) is 14.7. The lowest BCUT2D eigenvalue weighted by molar-refractivity contribution is -0.0564. The largest absolute Gasteiger partial charge is 0.338 e. The summed E-state index contributed by atoms with van der Waals surface area (Å²) in [6, 6.07) is -0.0820. The van der Waals surface area contributed by atoms with Crippen LogP contribution in [0.25, 0.3) is 0 Å². The number of amides is 2. The molecule has 1 heterocycles. The number of rotatable bonds is 3. The van der Waals surface area contributed by atoms with Crippen molar-refractivity contribution in [2.24, 2.45) is 23.2 Å². The van der Waals surface area contributed by atoms with E-state index < -0.39 is 15.1 Å². The first-order valence-corrected chi connectivity index (χ1v) is 11.3. The second-order valence-electron chi connectivity index (χ2n) is 9.02. The van der Waals surface area contributed by atoms with Gasteiger partial charge in [0.2, 0.25) is 0 Å². The fraction of sp³-hybridized carbons (Fsp3) is 0.944.